The maximum Gasteiger partial charge on any atom is 0.418 e. The van der Waals surface area contributed by atoms with E-state index in [0.717, 1.165) is 33.4 Å². The number of carboxylic acids is 2. The Bertz CT molecular complexity index is 2060. The smallest absolute Gasteiger partial charge is 0.418 e. The van der Waals surface area contributed by atoms with Crippen molar-refractivity contribution in [3.8, 4) is 0 Å². The van der Waals surface area contributed by atoms with Gasteiger partial charge in [0.05, 0.1) is 91.6 Å². The highest BCUT2D eigenvalue weighted by Crippen LogP contribution is 2.45. The predicted octanol–water partition coefficient (Wildman–Crippen LogP) is -5.39. The van der Waals surface area contributed by atoms with Crippen molar-refractivity contribution >= 4 is 56.7 Å². The summed E-state index contributed by atoms with van der Waals surface area (Å²) in [5, 5.41) is 30.1. The van der Waals surface area contributed by atoms with Crippen molar-refractivity contribution in [2.24, 2.45) is 0 Å². The molecule has 0 spiro atoms. The Kier molecular flexibility index (Phi) is 18.5. The summed E-state index contributed by atoms with van der Waals surface area (Å²) in [6, 6.07) is -6.69. The number of quaternary nitrogens is 2. The van der Waals surface area contributed by atoms with Crippen LogP contribution in [0.1, 0.15) is 88.2 Å². The number of carbonyl (C=O) groups is 6. The summed E-state index contributed by atoms with van der Waals surface area (Å²) in [5.41, 5.74) is 0.392. The van der Waals surface area contributed by atoms with Crippen molar-refractivity contribution in [3.63, 3.8) is 0 Å². The first-order chi connectivity index (χ1) is 29.9. The minimum Gasteiger partial charge on any atom is -0.548 e. The third-order valence-electron chi connectivity index (χ3n) is 10.5. The summed E-state index contributed by atoms with van der Waals surface area (Å²) in [6.07, 6.45) is 2.45. The van der Waals surface area contributed by atoms with Crippen molar-refractivity contribution in [3.05, 3.63) is 34.9 Å². The van der Waals surface area contributed by atoms with Crippen molar-refractivity contribution in [2.75, 3.05) is 66.6 Å². The first kappa shape index (κ1) is 52.8. The zero-order valence-corrected chi connectivity index (χ0v) is 38.0. The molecule has 2 aromatic heterocycles. The van der Waals surface area contributed by atoms with Gasteiger partial charge in [0.1, 0.15) is 23.5 Å². The molecule has 0 unspecified atom stereocenters. The maximum atomic E-state index is 12.3. The molecule has 0 saturated carbocycles. The van der Waals surface area contributed by atoms with Crippen molar-refractivity contribution in [2.45, 2.75) is 78.8 Å². The second kappa shape index (κ2) is 22.4. The number of hydrogen-bond acceptors (Lipinski definition) is 18. The van der Waals surface area contributed by atoms with Gasteiger partial charge < -0.3 is 48.9 Å². The quantitative estimate of drug-likeness (QED) is 0.0901. The average molecular weight is 955 g/mol. The van der Waals surface area contributed by atoms with Crippen LogP contribution in [0.25, 0.3) is 0 Å². The van der Waals surface area contributed by atoms with Gasteiger partial charge in [-0.15, -0.1) is 8.57 Å². The van der Waals surface area contributed by atoms with Crippen LogP contribution in [0.3, 0.4) is 0 Å². The van der Waals surface area contributed by atoms with E-state index < -0.39 is 94.0 Å². The summed E-state index contributed by atoms with van der Waals surface area (Å²) in [6.45, 7) is 19.4. The summed E-state index contributed by atoms with van der Waals surface area (Å²) in [4.78, 5) is 75.5. The van der Waals surface area contributed by atoms with Gasteiger partial charge in [-0.1, -0.05) is 0 Å². The van der Waals surface area contributed by atoms with Gasteiger partial charge in [0.15, 0.2) is 12.1 Å². The number of fused-ring (bicyclic) bond motifs is 8. The lowest BCUT2D eigenvalue weighted by Crippen LogP contribution is -3.11. The van der Waals surface area contributed by atoms with E-state index in [9.17, 15) is 55.8 Å². The molecule has 2 aromatic rings. The van der Waals surface area contributed by atoms with E-state index in [4.69, 9.17) is 9.11 Å². The summed E-state index contributed by atoms with van der Waals surface area (Å²) in [5.74, 6) is -4.61. The molecule has 2 fully saturated rings. The molecule has 6 heterocycles. The summed E-state index contributed by atoms with van der Waals surface area (Å²) >= 11 is 0. The zero-order chi connectivity index (χ0) is 48.4. The average Bonchev–Trinajstić information content (AvgIpc) is 3.96. The lowest BCUT2D eigenvalue weighted by Gasteiger charge is -2.27. The van der Waals surface area contributed by atoms with Crippen LogP contribution in [0, 0.1) is 0 Å². The Morgan fingerprint density at radius 2 is 0.938 bits per heavy atom. The number of amides is 4. The first-order valence-corrected chi connectivity index (χ1v) is 22.6. The molecule has 28 nitrogen and oxygen atoms in total. The molecule has 0 aliphatic carbocycles. The molecule has 4 N–H and O–H groups in total. The normalized spacial score (nSPS) is 19.5. The molecule has 4 aliphatic heterocycles. The van der Waals surface area contributed by atoms with E-state index in [1.54, 1.807) is 9.80 Å². The van der Waals surface area contributed by atoms with Gasteiger partial charge in [-0.3, -0.25) is 18.5 Å². The fraction of sp³-hybridized carbons (Fsp3) is 0.647. The molecule has 6 rings (SSSR count). The van der Waals surface area contributed by atoms with E-state index in [0.29, 0.717) is 10.1 Å². The van der Waals surface area contributed by atoms with Crippen molar-refractivity contribution < 1.29 is 92.8 Å². The number of nitrogens with zero attached hydrogens (tertiary/aromatic N) is 8. The molecular weight excluding hydrogens is 901 g/mol. The molecule has 30 heteroatoms. The third-order valence-corrected chi connectivity index (χ3v) is 11.2. The maximum absolute atomic E-state index is 12.3. The van der Waals surface area contributed by atoms with E-state index in [2.05, 4.69) is 69.8 Å². The SMILES string of the molecule is CC[NH+](CC)CC.CC[NH+](CC)CC.COC(=O)[C@@H]1c2nn(CC(=O)[O-])cc2[C@H]2CN1C(=O)N2OS(=O)(=O)O.COC(=O)[C@@H]1c2nn(CC(=O)[O-])cc2[C@H]2CN1C(=O)N2OS(=O)(=O)O. The molecule has 0 radical (unpaired) electrons. The predicted molar refractivity (Wildman–Crippen MR) is 208 cm³/mol. The van der Waals surface area contributed by atoms with Crippen molar-refractivity contribution in [1.82, 2.24) is 39.5 Å². The molecule has 4 amide bonds. The summed E-state index contributed by atoms with van der Waals surface area (Å²) in [7, 11) is -7.85. The van der Waals surface area contributed by atoms with Crippen LogP contribution >= 0.6 is 0 Å². The number of nitrogens with one attached hydrogen (secondary N) is 2. The fourth-order valence-corrected chi connectivity index (χ4v) is 7.95. The number of ether oxygens (including phenoxy) is 2. The minimum atomic E-state index is -5.01. The Morgan fingerprint density at radius 3 is 1.16 bits per heavy atom. The highest BCUT2D eigenvalue weighted by atomic mass is 32.3. The topological polar surface area (TPSA) is 352 Å². The van der Waals surface area contributed by atoms with E-state index in [-0.39, 0.29) is 35.6 Å². The molecule has 4 atom stereocenters. The molecule has 2 saturated heterocycles. The Morgan fingerprint density at radius 1 is 0.641 bits per heavy atom. The Labute approximate surface area is 368 Å². The monoisotopic (exact) mass is 954 g/mol. The van der Waals surface area contributed by atoms with Crippen LogP contribution in [0.15, 0.2) is 12.4 Å². The number of rotatable bonds is 16. The highest BCUT2D eigenvalue weighted by Gasteiger charge is 2.55. The second-order valence-electron chi connectivity index (χ2n) is 14.1. The van der Waals surface area contributed by atoms with E-state index in [1.165, 1.54) is 51.7 Å². The van der Waals surface area contributed by atoms with Crippen LogP contribution in [-0.2, 0) is 71.1 Å². The number of hydroxylamine groups is 4. The molecule has 64 heavy (non-hydrogen) atoms. The van der Waals surface area contributed by atoms with Crippen molar-refractivity contribution in [1.29, 1.82) is 0 Å². The lowest BCUT2D eigenvalue weighted by molar-refractivity contribution is -0.894. The third kappa shape index (κ3) is 12.8. The molecule has 4 bridgehead atoms. The van der Waals surface area contributed by atoms with Crippen LogP contribution in [-0.4, -0.2) is 168 Å². The van der Waals surface area contributed by atoms with Gasteiger partial charge in [-0.25, -0.2) is 19.2 Å². The van der Waals surface area contributed by atoms with E-state index in [1.807, 2.05) is 0 Å². The standard InChI is InChI=1S/2C11H12N4O9S.2C6H15N/c2*1-23-10(18)9-8-5(2-13(12-8)4-7(16)17)6-3-14(9)11(19)15(6)24-25(20,21)22;2*1-4-7(5-2)6-3/h2*2,6,9H,3-4H2,1H3,(H,16,17)(H,20,21,22);2*4-6H2,1-3H3/t2*6-,9+;;/m11../s1. The summed E-state index contributed by atoms with van der Waals surface area (Å²) < 4.78 is 81.4. The first-order valence-electron chi connectivity index (χ1n) is 19.8. The largest absolute Gasteiger partial charge is 0.548 e. The van der Waals surface area contributed by atoms with Gasteiger partial charge >= 0.3 is 44.8 Å². The Balaban J connectivity index is 0.000000263. The van der Waals surface area contributed by atoms with Gasteiger partial charge in [-0.2, -0.15) is 37.2 Å². The van der Waals surface area contributed by atoms with Crippen LogP contribution in [0.4, 0.5) is 9.59 Å². The highest BCUT2D eigenvalue weighted by molar-refractivity contribution is 7.81. The van der Waals surface area contributed by atoms with Crippen LogP contribution < -0.4 is 20.0 Å². The lowest BCUT2D eigenvalue weighted by atomic mass is 9.98. The number of carbonyl (C=O) groups excluding carboxylic acids is 6. The fourth-order valence-electron chi connectivity index (χ4n) is 7.21. The molecule has 4 aliphatic rings. The zero-order valence-electron chi connectivity index (χ0n) is 36.4. The van der Waals surface area contributed by atoms with Gasteiger partial charge in [0.2, 0.25) is 0 Å². The van der Waals surface area contributed by atoms with E-state index >= 15 is 0 Å². The molecule has 360 valence electrons. The minimum absolute atomic E-state index is 0.0131. The number of methoxy groups -OCH3 is 2. The second-order valence-corrected chi connectivity index (χ2v) is 16.1. The van der Waals surface area contributed by atoms with Gasteiger partial charge in [-0.05, 0) is 41.5 Å². The number of hydrogen-bond donors (Lipinski definition) is 4. The number of carboxylic acid groups (broad SMARTS) is 2. The number of esters is 2. The number of urea groups is 2. The van der Waals surface area contributed by atoms with Gasteiger partial charge in [0.25, 0.3) is 0 Å². The van der Waals surface area contributed by atoms with Crippen LogP contribution in [0.5, 0.6) is 0 Å². The van der Waals surface area contributed by atoms with Gasteiger partial charge in [0, 0.05) is 23.5 Å². The molecule has 0 aromatic carbocycles. The number of aromatic nitrogens is 4. The number of aliphatic carboxylic acids is 2. The van der Waals surface area contributed by atoms with Crippen LogP contribution in [0.2, 0.25) is 0 Å². The Hall–Kier alpha value is -5.50. The molecular formula is C34H54N10O18S2.